The van der Waals surface area contributed by atoms with Crippen LogP contribution in [-0.2, 0) is 10.0 Å². The first-order valence-corrected chi connectivity index (χ1v) is 11.5. The second kappa shape index (κ2) is 8.95. The third-order valence-electron chi connectivity index (χ3n) is 5.30. The maximum atomic E-state index is 12.6. The molecule has 9 heteroatoms. The van der Waals surface area contributed by atoms with E-state index in [4.69, 9.17) is 5.73 Å². The normalized spacial score (nSPS) is 17.7. The van der Waals surface area contributed by atoms with Gasteiger partial charge in [0.25, 0.3) is 0 Å². The van der Waals surface area contributed by atoms with Crippen molar-refractivity contribution >= 4 is 27.2 Å². The maximum absolute atomic E-state index is 12.6. The van der Waals surface area contributed by atoms with Crippen LogP contribution in [0.3, 0.4) is 0 Å². The van der Waals surface area contributed by atoms with Crippen molar-refractivity contribution in [1.82, 2.24) is 14.6 Å². The zero-order valence-corrected chi connectivity index (χ0v) is 17.6. The number of hydrogen-bond acceptors (Lipinski definition) is 7. The molecule has 0 spiro atoms. The van der Waals surface area contributed by atoms with Crippen LogP contribution in [0.2, 0.25) is 0 Å². The molecule has 2 aliphatic rings. The molecule has 0 atom stereocenters. The minimum Gasteiger partial charge on any atom is -0.386 e. The number of pyridine rings is 1. The lowest BCUT2D eigenvalue weighted by atomic mass is 10.1. The van der Waals surface area contributed by atoms with Gasteiger partial charge in [-0.05, 0) is 55.8 Å². The highest BCUT2D eigenvalue weighted by atomic mass is 32.2. The highest BCUT2D eigenvalue weighted by Crippen LogP contribution is 2.28. The molecule has 3 N–H and O–H groups in total. The molecule has 1 saturated heterocycles. The minimum absolute atomic E-state index is 0.250. The molecule has 2 aromatic rings. The lowest BCUT2D eigenvalue weighted by Crippen LogP contribution is -2.35. The topological polar surface area (TPSA) is 104 Å². The molecule has 0 radical (unpaired) electrons. The van der Waals surface area contributed by atoms with E-state index in [2.05, 4.69) is 19.6 Å². The third kappa shape index (κ3) is 4.69. The molecule has 1 fully saturated rings. The molecule has 8 nitrogen and oxygen atoms in total. The van der Waals surface area contributed by atoms with Crippen LogP contribution in [0, 0.1) is 0 Å². The number of nitrogens with zero attached hydrogens (tertiary/aromatic N) is 4. The number of amidine groups is 1. The predicted molar refractivity (Wildman–Crippen MR) is 118 cm³/mol. The highest BCUT2D eigenvalue weighted by molar-refractivity contribution is 7.89. The van der Waals surface area contributed by atoms with Gasteiger partial charge in [0.1, 0.15) is 5.84 Å². The fourth-order valence-electron chi connectivity index (χ4n) is 3.71. The van der Waals surface area contributed by atoms with Crippen LogP contribution >= 0.6 is 0 Å². The Morgan fingerprint density at radius 1 is 1.10 bits per heavy atom. The Kier molecular flexibility index (Phi) is 6.12. The van der Waals surface area contributed by atoms with Crippen molar-refractivity contribution in [3.8, 4) is 0 Å². The summed E-state index contributed by atoms with van der Waals surface area (Å²) in [4.78, 5) is 13.0. The highest BCUT2D eigenvalue weighted by Gasteiger charge is 2.20. The summed E-state index contributed by atoms with van der Waals surface area (Å²) in [7, 11) is -3.54. The van der Waals surface area contributed by atoms with Crippen LogP contribution < -0.4 is 15.4 Å². The molecule has 4 rings (SSSR count). The maximum Gasteiger partial charge on any atom is 0.240 e. The Morgan fingerprint density at radius 3 is 2.57 bits per heavy atom. The van der Waals surface area contributed by atoms with Crippen LogP contribution in [0.5, 0.6) is 0 Å². The average Bonchev–Trinajstić information content (AvgIpc) is 3.28. The van der Waals surface area contributed by atoms with Gasteiger partial charge in [0.2, 0.25) is 10.0 Å². The van der Waals surface area contributed by atoms with E-state index >= 15 is 0 Å². The largest absolute Gasteiger partial charge is 0.386 e. The summed E-state index contributed by atoms with van der Waals surface area (Å²) < 4.78 is 27.9. The molecule has 0 aliphatic carbocycles. The second-order valence-electron chi connectivity index (χ2n) is 7.40. The summed E-state index contributed by atoms with van der Waals surface area (Å²) >= 11 is 0. The summed E-state index contributed by atoms with van der Waals surface area (Å²) in [6, 6.07) is 10.6. The molecule has 1 aromatic carbocycles. The summed E-state index contributed by atoms with van der Waals surface area (Å²) in [6.45, 7) is 3.69. The lowest BCUT2D eigenvalue weighted by molar-refractivity contribution is 0.344. The van der Waals surface area contributed by atoms with E-state index in [1.807, 2.05) is 17.0 Å². The van der Waals surface area contributed by atoms with Crippen molar-refractivity contribution < 1.29 is 8.42 Å². The fraction of sp³-hybridized carbons (Fsp3) is 0.333. The van der Waals surface area contributed by atoms with Crippen LogP contribution in [0.15, 0.2) is 64.9 Å². The van der Waals surface area contributed by atoms with Gasteiger partial charge in [-0.15, -0.1) is 0 Å². The monoisotopic (exact) mass is 426 g/mol. The van der Waals surface area contributed by atoms with Gasteiger partial charge >= 0.3 is 0 Å². The first-order valence-electron chi connectivity index (χ1n) is 10.1. The molecule has 158 valence electrons. The molecule has 1 aromatic heterocycles. The molecule has 3 heterocycles. The summed E-state index contributed by atoms with van der Waals surface area (Å²) in [5.74, 6) is 0.504. The SMILES string of the molecule is NC1=NC=C(c2ccc(S(=O)(=O)NCCN3CCCC3)cc2)N(c2cccnc2)C1. The van der Waals surface area contributed by atoms with Crippen molar-refractivity contribution in [2.75, 3.05) is 37.6 Å². The number of aromatic nitrogens is 1. The van der Waals surface area contributed by atoms with Gasteiger partial charge < -0.3 is 15.5 Å². The minimum atomic E-state index is -3.54. The van der Waals surface area contributed by atoms with E-state index in [9.17, 15) is 8.42 Å². The zero-order chi connectivity index (χ0) is 21.0. The van der Waals surface area contributed by atoms with Gasteiger partial charge in [-0.1, -0.05) is 12.1 Å². The summed E-state index contributed by atoms with van der Waals surface area (Å²) in [6.07, 6.45) is 7.55. The van der Waals surface area contributed by atoms with Crippen LogP contribution in [0.1, 0.15) is 18.4 Å². The molecular weight excluding hydrogens is 400 g/mol. The Labute approximate surface area is 177 Å². The van der Waals surface area contributed by atoms with Gasteiger partial charge in [-0.3, -0.25) is 4.98 Å². The van der Waals surface area contributed by atoms with Crippen molar-refractivity contribution in [3.63, 3.8) is 0 Å². The molecule has 0 unspecified atom stereocenters. The quantitative estimate of drug-likeness (QED) is 0.697. The third-order valence-corrected chi connectivity index (χ3v) is 6.78. The predicted octanol–water partition coefficient (Wildman–Crippen LogP) is 1.63. The van der Waals surface area contributed by atoms with E-state index in [0.29, 0.717) is 18.9 Å². The Balaban J connectivity index is 1.49. The Morgan fingerprint density at radius 2 is 1.87 bits per heavy atom. The van der Waals surface area contributed by atoms with Crippen molar-refractivity contribution in [2.45, 2.75) is 17.7 Å². The smallest absolute Gasteiger partial charge is 0.240 e. The van der Waals surface area contributed by atoms with Crippen molar-refractivity contribution in [1.29, 1.82) is 0 Å². The van der Waals surface area contributed by atoms with E-state index in [1.54, 1.807) is 42.9 Å². The van der Waals surface area contributed by atoms with E-state index in [0.717, 1.165) is 36.6 Å². The Bertz CT molecular complexity index is 1030. The van der Waals surface area contributed by atoms with E-state index in [1.165, 1.54) is 12.8 Å². The zero-order valence-electron chi connectivity index (χ0n) is 16.7. The molecule has 0 bridgehead atoms. The van der Waals surface area contributed by atoms with Gasteiger partial charge in [0.15, 0.2) is 0 Å². The number of benzene rings is 1. The van der Waals surface area contributed by atoms with Crippen LogP contribution in [-0.4, -0.2) is 56.9 Å². The van der Waals surface area contributed by atoms with Crippen molar-refractivity contribution in [2.24, 2.45) is 10.7 Å². The van der Waals surface area contributed by atoms with Crippen LogP contribution in [0.25, 0.3) is 5.70 Å². The van der Waals surface area contributed by atoms with E-state index < -0.39 is 10.0 Å². The molecule has 30 heavy (non-hydrogen) atoms. The number of hydrogen-bond donors (Lipinski definition) is 2. The molecule has 0 amide bonds. The van der Waals surface area contributed by atoms with Crippen LogP contribution in [0.4, 0.5) is 5.69 Å². The van der Waals surface area contributed by atoms with Crippen molar-refractivity contribution in [3.05, 3.63) is 60.6 Å². The summed E-state index contributed by atoms with van der Waals surface area (Å²) in [5.41, 5.74) is 8.51. The average molecular weight is 427 g/mol. The van der Waals surface area contributed by atoms with Gasteiger partial charge in [-0.2, -0.15) is 0 Å². The second-order valence-corrected chi connectivity index (χ2v) is 9.17. The first-order chi connectivity index (χ1) is 14.5. The number of likely N-dealkylation sites (tertiary alicyclic amines) is 1. The number of rotatable bonds is 7. The van der Waals surface area contributed by atoms with Gasteiger partial charge in [-0.25, -0.2) is 18.1 Å². The number of nitrogens with two attached hydrogens (primary N) is 1. The standard InChI is InChI=1S/C21H26N6O2S/c22-21-16-27(18-4-3-9-23-14-18)20(15-24-21)17-5-7-19(8-6-17)30(28,29)25-10-13-26-11-1-2-12-26/h3-9,14-15,25H,1-2,10-13,16H2,(H2,22,24). The first kappa shape index (κ1) is 20.5. The number of anilines is 1. The summed E-state index contributed by atoms with van der Waals surface area (Å²) in [5, 5.41) is 0. The molecular formula is C21H26N6O2S. The number of nitrogens with one attached hydrogen (secondary N) is 1. The number of sulfonamides is 1. The number of aliphatic imine (C=N–C) groups is 1. The lowest BCUT2D eigenvalue weighted by Gasteiger charge is -2.29. The molecule has 0 saturated carbocycles. The van der Waals surface area contributed by atoms with E-state index in [-0.39, 0.29) is 4.90 Å². The molecule has 2 aliphatic heterocycles. The fourth-order valence-corrected chi connectivity index (χ4v) is 4.73. The van der Waals surface area contributed by atoms with Gasteiger partial charge in [0, 0.05) is 19.3 Å². The Hall–Kier alpha value is -2.75. The van der Waals surface area contributed by atoms with Gasteiger partial charge in [0.05, 0.1) is 35.2 Å².